The number of hydrogen-bond acceptors (Lipinski definition) is 2. The molecule has 2 amide bonds. The largest absolute Gasteiger partial charge is 0.322 e. The Morgan fingerprint density at radius 3 is 2.61 bits per heavy atom. The molecule has 2 heterocycles. The average Bonchev–Trinajstić information content (AvgIpc) is 3.15. The van der Waals surface area contributed by atoms with Gasteiger partial charge in [0.15, 0.2) is 0 Å². The van der Waals surface area contributed by atoms with Crippen LogP contribution < -0.4 is 5.32 Å². The second-order valence-electron chi connectivity index (χ2n) is 8.63. The molecule has 1 unspecified atom stereocenters. The number of rotatable bonds is 2. The molecule has 5 rings (SSSR count). The minimum atomic E-state index is -0.253. The first-order valence-electron chi connectivity index (χ1n) is 11.1. The minimum Gasteiger partial charge on any atom is -0.312 e. The minimum absolute atomic E-state index is 0.0972. The number of nitrogens with one attached hydrogen (secondary N) is 1. The number of hydrogen-bond donors (Lipinski definition) is 1. The van der Waals surface area contributed by atoms with Crippen molar-refractivity contribution in [3.63, 3.8) is 0 Å². The van der Waals surface area contributed by atoms with Gasteiger partial charge >= 0.3 is 6.03 Å². The van der Waals surface area contributed by atoms with Gasteiger partial charge in [0.05, 0.1) is 6.04 Å². The van der Waals surface area contributed by atoms with Gasteiger partial charge in [0, 0.05) is 22.0 Å². The standard InChI is InChI=1S/C26H27FN2OS/c1-16-6-5-8-22(17(16)2)28-26(30)29-15-14-21-20-7-3-4-9-23(20)31-25(21)24(29)18-10-12-19(27)13-11-18/h5-6,8,10-13,24H,3-4,7,9,14-15H2,1-2H3,(H,28,30). The fraction of sp³-hybridized carbons (Fsp3) is 0.346. The van der Waals surface area contributed by atoms with Crippen LogP contribution in [0.1, 0.15) is 56.5 Å². The third-order valence-electron chi connectivity index (χ3n) is 6.77. The molecule has 3 aromatic rings. The van der Waals surface area contributed by atoms with E-state index in [9.17, 15) is 9.18 Å². The first-order valence-corrected chi connectivity index (χ1v) is 11.9. The number of nitrogens with zero attached hydrogens (tertiary/aromatic N) is 1. The zero-order chi connectivity index (χ0) is 21.5. The first-order chi connectivity index (χ1) is 15.0. The highest BCUT2D eigenvalue weighted by Crippen LogP contribution is 2.45. The van der Waals surface area contributed by atoms with E-state index in [1.807, 2.05) is 47.4 Å². The van der Waals surface area contributed by atoms with Gasteiger partial charge in [0.2, 0.25) is 0 Å². The van der Waals surface area contributed by atoms with Crippen molar-refractivity contribution in [3.05, 3.63) is 85.9 Å². The highest BCUT2D eigenvalue weighted by molar-refractivity contribution is 7.12. The van der Waals surface area contributed by atoms with Crippen molar-refractivity contribution in [1.82, 2.24) is 4.90 Å². The quantitative estimate of drug-likeness (QED) is 0.486. The van der Waals surface area contributed by atoms with Gasteiger partial charge in [-0.2, -0.15) is 0 Å². The Morgan fingerprint density at radius 1 is 1.03 bits per heavy atom. The van der Waals surface area contributed by atoms with E-state index >= 15 is 0 Å². The van der Waals surface area contributed by atoms with Crippen LogP contribution in [-0.4, -0.2) is 17.5 Å². The summed E-state index contributed by atoms with van der Waals surface area (Å²) < 4.78 is 13.7. The number of urea groups is 1. The summed E-state index contributed by atoms with van der Waals surface area (Å²) in [5.41, 5.74) is 7.01. The number of anilines is 1. The Morgan fingerprint density at radius 2 is 1.81 bits per heavy atom. The van der Waals surface area contributed by atoms with Crippen LogP contribution in [0.25, 0.3) is 0 Å². The van der Waals surface area contributed by atoms with Gasteiger partial charge in [-0.1, -0.05) is 24.3 Å². The molecular weight excluding hydrogens is 407 g/mol. The van der Waals surface area contributed by atoms with Gasteiger partial charge < -0.3 is 10.2 Å². The fourth-order valence-corrected chi connectivity index (χ4v) is 6.50. The molecule has 1 aliphatic heterocycles. The molecule has 0 saturated carbocycles. The molecule has 0 spiro atoms. The van der Waals surface area contributed by atoms with Gasteiger partial charge in [-0.15, -0.1) is 11.3 Å². The number of fused-ring (bicyclic) bond motifs is 3. The van der Waals surface area contributed by atoms with Gasteiger partial charge in [0.25, 0.3) is 0 Å². The number of amides is 2. The van der Waals surface area contributed by atoms with Crippen LogP contribution in [0, 0.1) is 19.7 Å². The van der Waals surface area contributed by atoms with Gasteiger partial charge in [0.1, 0.15) is 5.82 Å². The lowest BCUT2D eigenvalue weighted by Crippen LogP contribution is -2.42. The number of thiophene rings is 1. The van der Waals surface area contributed by atoms with Crippen molar-refractivity contribution in [1.29, 1.82) is 0 Å². The second-order valence-corrected chi connectivity index (χ2v) is 9.77. The molecule has 5 heteroatoms. The molecule has 1 atom stereocenters. The van der Waals surface area contributed by atoms with E-state index in [2.05, 4.69) is 18.3 Å². The van der Waals surface area contributed by atoms with Crippen LogP contribution in [-0.2, 0) is 19.3 Å². The lowest BCUT2D eigenvalue weighted by Gasteiger charge is -2.36. The maximum Gasteiger partial charge on any atom is 0.322 e. The SMILES string of the molecule is Cc1cccc(NC(=O)N2CCc3c(sc4c3CCCC4)C2c2ccc(F)cc2)c1C. The molecule has 0 saturated heterocycles. The summed E-state index contributed by atoms with van der Waals surface area (Å²) in [6.07, 6.45) is 5.65. The highest BCUT2D eigenvalue weighted by atomic mass is 32.1. The summed E-state index contributed by atoms with van der Waals surface area (Å²) in [4.78, 5) is 18.2. The molecule has 3 nitrogen and oxygen atoms in total. The van der Waals surface area contributed by atoms with Crippen LogP contribution in [0.5, 0.6) is 0 Å². The van der Waals surface area contributed by atoms with Crippen molar-refractivity contribution in [3.8, 4) is 0 Å². The predicted molar refractivity (Wildman–Crippen MR) is 125 cm³/mol. The Labute approximate surface area is 186 Å². The fourth-order valence-electron chi connectivity index (χ4n) is 4.92. The Kier molecular flexibility index (Phi) is 5.30. The van der Waals surface area contributed by atoms with Gasteiger partial charge in [-0.05, 0) is 92.0 Å². The first kappa shape index (κ1) is 20.3. The summed E-state index contributed by atoms with van der Waals surface area (Å²) in [7, 11) is 0. The van der Waals surface area contributed by atoms with Crippen molar-refractivity contribution in [2.75, 3.05) is 11.9 Å². The highest BCUT2D eigenvalue weighted by Gasteiger charge is 2.36. The van der Waals surface area contributed by atoms with E-state index in [0.717, 1.165) is 41.6 Å². The summed E-state index contributed by atoms with van der Waals surface area (Å²) in [5, 5.41) is 3.14. The molecule has 2 aliphatic rings. The molecule has 1 aliphatic carbocycles. The monoisotopic (exact) mass is 434 g/mol. The molecule has 0 radical (unpaired) electrons. The van der Waals surface area contributed by atoms with E-state index in [4.69, 9.17) is 0 Å². The zero-order valence-corrected chi connectivity index (χ0v) is 18.8. The number of benzene rings is 2. The van der Waals surface area contributed by atoms with Crippen LogP contribution in [0.15, 0.2) is 42.5 Å². The Balaban J connectivity index is 1.54. The maximum atomic E-state index is 13.7. The van der Waals surface area contributed by atoms with Crippen LogP contribution in [0.3, 0.4) is 0 Å². The second kappa shape index (κ2) is 8.12. The van der Waals surface area contributed by atoms with E-state index in [1.165, 1.54) is 45.9 Å². The van der Waals surface area contributed by atoms with E-state index in [-0.39, 0.29) is 17.9 Å². The molecule has 31 heavy (non-hydrogen) atoms. The van der Waals surface area contributed by atoms with Crippen LogP contribution >= 0.6 is 11.3 Å². The van der Waals surface area contributed by atoms with Crippen LogP contribution in [0.2, 0.25) is 0 Å². The van der Waals surface area contributed by atoms with Crippen molar-refractivity contribution in [2.45, 2.75) is 52.0 Å². The summed E-state index contributed by atoms with van der Waals surface area (Å²) in [6.45, 7) is 4.74. The van der Waals surface area contributed by atoms with E-state index in [1.54, 1.807) is 0 Å². The van der Waals surface area contributed by atoms with Crippen LogP contribution in [0.4, 0.5) is 14.9 Å². The molecular formula is C26H27FN2OS. The topological polar surface area (TPSA) is 32.3 Å². The summed E-state index contributed by atoms with van der Waals surface area (Å²) in [5.74, 6) is -0.253. The smallest absolute Gasteiger partial charge is 0.312 e. The van der Waals surface area contributed by atoms with Gasteiger partial charge in [-0.3, -0.25) is 0 Å². The molecule has 0 bridgehead atoms. The predicted octanol–water partition coefficient (Wildman–Crippen LogP) is 6.56. The number of carbonyl (C=O) groups excluding carboxylic acids is 1. The normalized spacial score (nSPS) is 17.8. The average molecular weight is 435 g/mol. The summed E-state index contributed by atoms with van der Waals surface area (Å²) >= 11 is 1.86. The summed E-state index contributed by atoms with van der Waals surface area (Å²) in [6, 6.07) is 12.3. The third-order valence-corrected chi connectivity index (χ3v) is 8.15. The van der Waals surface area contributed by atoms with E-state index < -0.39 is 0 Å². The maximum absolute atomic E-state index is 13.7. The van der Waals surface area contributed by atoms with E-state index in [0.29, 0.717) is 6.54 Å². The molecule has 2 aromatic carbocycles. The molecule has 1 aromatic heterocycles. The molecule has 160 valence electrons. The zero-order valence-electron chi connectivity index (χ0n) is 18.0. The third kappa shape index (κ3) is 3.65. The molecule has 0 fully saturated rings. The van der Waals surface area contributed by atoms with Crippen molar-refractivity contribution >= 4 is 23.1 Å². The number of halogens is 1. The Hall–Kier alpha value is -2.66. The Bertz CT molecular complexity index is 1140. The number of aryl methyl sites for hydroxylation is 2. The lowest BCUT2D eigenvalue weighted by molar-refractivity contribution is 0.195. The van der Waals surface area contributed by atoms with Crippen molar-refractivity contribution in [2.24, 2.45) is 0 Å². The number of carbonyl (C=O) groups is 1. The van der Waals surface area contributed by atoms with Gasteiger partial charge in [-0.25, -0.2) is 9.18 Å². The molecule has 1 N–H and O–H groups in total. The van der Waals surface area contributed by atoms with Crippen molar-refractivity contribution < 1.29 is 9.18 Å². The lowest BCUT2D eigenvalue weighted by atomic mass is 9.88.